The molecule has 0 spiro atoms. The zero-order valence-corrected chi connectivity index (χ0v) is 17.7. The summed E-state index contributed by atoms with van der Waals surface area (Å²) in [6.07, 6.45) is 4.70. The standard InChI is InChI=1S/C11H11BrO.C10H10BrNO/c12-10-4-1-8-2-5-11(13)6-3-9(8)7-10;11-9-2-1-7-6-10(13)12-4-3-8(7)5-9/h1,4,7H,2-3,5-6H2;1-2,5H,3-4,6H2,(H,12,13). The smallest absolute Gasteiger partial charge is 0.224 e. The summed E-state index contributed by atoms with van der Waals surface area (Å²) in [6.45, 7) is 0.752. The van der Waals surface area contributed by atoms with E-state index in [0.29, 0.717) is 25.0 Å². The zero-order valence-electron chi connectivity index (χ0n) is 14.5. The summed E-state index contributed by atoms with van der Waals surface area (Å²) >= 11 is 6.87. The van der Waals surface area contributed by atoms with Gasteiger partial charge in [-0.3, -0.25) is 9.59 Å². The molecule has 26 heavy (non-hydrogen) atoms. The zero-order chi connectivity index (χ0) is 18.5. The molecule has 4 rings (SSSR count). The lowest BCUT2D eigenvalue weighted by molar-refractivity contribution is -0.120. The normalized spacial score (nSPS) is 16.2. The number of benzene rings is 2. The lowest BCUT2D eigenvalue weighted by Gasteiger charge is -2.04. The first-order valence-corrected chi connectivity index (χ1v) is 10.4. The first kappa shape index (κ1) is 19.3. The fourth-order valence-corrected chi connectivity index (χ4v) is 4.13. The van der Waals surface area contributed by atoms with E-state index in [1.807, 2.05) is 12.1 Å². The van der Waals surface area contributed by atoms with Gasteiger partial charge < -0.3 is 5.32 Å². The van der Waals surface area contributed by atoms with Crippen LogP contribution in [0.1, 0.15) is 35.1 Å². The summed E-state index contributed by atoms with van der Waals surface area (Å²) in [6, 6.07) is 12.4. The van der Waals surface area contributed by atoms with Gasteiger partial charge in [0.2, 0.25) is 5.91 Å². The van der Waals surface area contributed by atoms with Gasteiger partial charge in [0.15, 0.2) is 0 Å². The van der Waals surface area contributed by atoms with Crippen molar-refractivity contribution in [1.29, 1.82) is 0 Å². The summed E-state index contributed by atoms with van der Waals surface area (Å²) in [7, 11) is 0. The first-order valence-electron chi connectivity index (χ1n) is 8.84. The Morgan fingerprint density at radius 2 is 1.27 bits per heavy atom. The number of nitrogens with one attached hydrogen (secondary N) is 1. The Kier molecular flexibility index (Phi) is 6.65. The molecule has 2 aromatic rings. The Balaban J connectivity index is 0.000000151. The third kappa shape index (κ3) is 5.27. The van der Waals surface area contributed by atoms with Crippen molar-refractivity contribution in [2.75, 3.05) is 6.54 Å². The molecule has 1 N–H and O–H groups in total. The minimum atomic E-state index is 0.126. The summed E-state index contributed by atoms with van der Waals surface area (Å²) in [5.41, 5.74) is 5.10. The highest BCUT2D eigenvalue weighted by Gasteiger charge is 2.13. The maximum Gasteiger partial charge on any atom is 0.224 e. The third-order valence-electron chi connectivity index (χ3n) is 4.75. The van der Waals surface area contributed by atoms with Crippen LogP contribution in [-0.2, 0) is 35.3 Å². The van der Waals surface area contributed by atoms with Gasteiger partial charge in [0.1, 0.15) is 5.78 Å². The van der Waals surface area contributed by atoms with Gasteiger partial charge in [0.25, 0.3) is 0 Å². The van der Waals surface area contributed by atoms with Gasteiger partial charge >= 0.3 is 0 Å². The van der Waals surface area contributed by atoms with Gasteiger partial charge in [0, 0.05) is 28.3 Å². The molecule has 3 nitrogen and oxygen atoms in total. The largest absolute Gasteiger partial charge is 0.355 e. The van der Waals surface area contributed by atoms with Crippen LogP contribution in [0.4, 0.5) is 0 Å². The molecule has 0 aromatic heterocycles. The molecule has 2 aromatic carbocycles. The summed E-state index contributed by atoms with van der Waals surface area (Å²) in [5.74, 6) is 0.522. The summed E-state index contributed by atoms with van der Waals surface area (Å²) in [4.78, 5) is 22.4. The number of carbonyl (C=O) groups excluding carboxylic acids is 2. The van der Waals surface area contributed by atoms with Crippen LogP contribution in [-0.4, -0.2) is 18.2 Å². The number of amides is 1. The fraction of sp³-hybridized carbons (Fsp3) is 0.333. The van der Waals surface area contributed by atoms with E-state index < -0.39 is 0 Å². The number of hydrogen-bond donors (Lipinski definition) is 1. The molecule has 0 atom stereocenters. The number of aryl methyl sites for hydroxylation is 2. The Morgan fingerprint density at radius 1 is 0.692 bits per heavy atom. The van der Waals surface area contributed by atoms with Crippen LogP contribution < -0.4 is 5.32 Å². The van der Waals surface area contributed by atoms with Gasteiger partial charge in [-0.25, -0.2) is 0 Å². The molecule has 1 aliphatic heterocycles. The van der Waals surface area contributed by atoms with E-state index in [9.17, 15) is 9.59 Å². The van der Waals surface area contributed by atoms with E-state index in [2.05, 4.69) is 61.4 Å². The van der Waals surface area contributed by atoms with Crippen molar-refractivity contribution >= 4 is 43.6 Å². The van der Waals surface area contributed by atoms with E-state index in [1.165, 1.54) is 16.7 Å². The molecule has 0 unspecified atom stereocenters. The van der Waals surface area contributed by atoms with Crippen molar-refractivity contribution in [2.45, 2.75) is 38.5 Å². The van der Waals surface area contributed by atoms with Gasteiger partial charge in [0.05, 0.1) is 6.42 Å². The Hall–Kier alpha value is -1.46. The van der Waals surface area contributed by atoms with Crippen LogP contribution in [0.2, 0.25) is 0 Å². The Morgan fingerprint density at radius 3 is 1.96 bits per heavy atom. The molecule has 0 bridgehead atoms. The number of ketones is 1. The van der Waals surface area contributed by atoms with Crippen LogP contribution in [0, 0.1) is 0 Å². The molecule has 1 heterocycles. The van der Waals surface area contributed by atoms with Crippen molar-refractivity contribution in [3.63, 3.8) is 0 Å². The number of carbonyl (C=O) groups is 2. The second kappa shape index (κ2) is 8.96. The maximum absolute atomic E-state index is 11.2. The molecule has 2 aliphatic rings. The monoisotopic (exact) mass is 477 g/mol. The highest BCUT2D eigenvalue weighted by atomic mass is 79.9. The van der Waals surface area contributed by atoms with Crippen LogP contribution in [0.15, 0.2) is 45.3 Å². The average molecular weight is 479 g/mol. The van der Waals surface area contributed by atoms with Crippen LogP contribution in [0.25, 0.3) is 0 Å². The van der Waals surface area contributed by atoms with Gasteiger partial charge in [-0.2, -0.15) is 0 Å². The summed E-state index contributed by atoms with van der Waals surface area (Å²) in [5, 5.41) is 2.86. The summed E-state index contributed by atoms with van der Waals surface area (Å²) < 4.78 is 2.20. The lowest BCUT2D eigenvalue weighted by atomic mass is 10.0. The Bertz CT molecular complexity index is 833. The molecular formula is C21H21Br2NO2. The van der Waals surface area contributed by atoms with Crippen LogP contribution in [0.3, 0.4) is 0 Å². The lowest BCUT2D eigenvalue weighted by Crippen LogP contribution is -2.24. The number of Topliss-reactive ketones (excluding diaryl/α,β-unsaturated/α-hetero) is 1. The fourth-order valence-electron chi connectivity index (χ4n) is 3.32. The molecule has 5 heteroatoms. The quantitative estimate of drug-likeness (QED) is 0.564. The number of hydrogen-bond acceptors (Lipinski definition) is 2. The second-order valence-electron chi connectivity index (χ2n) is 6.64. The molecule has 0 fully saturated rings. The van der Waals surface area contributed by atoms with E-state index in [1.54, 1.807) is 0 Å². The highest BCUT2D eigenvalue weighted by molar-refractivity contribution is 9.10. The van der Waals surface area contributed by atoms with Gasteiger partial charge in [-0.05, 0) is 65.8 Å². The minimum Gasteiger partial charge on any atom is -0.355 e. The van der Waals surface area contributed by atoms with E-state index in [4.69, 9.17) is 0 Å². The number of halogens is 2. The van der Waals surface area contributed by atoms with Crippen molar-refractivity contribution in [3.05, 3.63) is 67.6 Å². The van der Waals surface area contributed by atoms with Crippen LogP contribution in [0.5, 0.6) is 0 Å². The predicted octanol–water partition coefficient (Wildman–Crippen LogP) is 4.56. The van der Waals surface area contributed by atoms with Crippen molar-refractivity contribution in [2.24, 2.45) is 0 Å². The van der Waals surface area contributed by atoms with Crippen molar-refractivity contribution < 1.29 is 9.59 Å². The topological polar surface area (TPSA) is 46.2 Å². The maximum atomic E-state index is 11.2. The molecular weight excluding hydrogens is 458 g/mol. The molecule has 136 valence electrons. The Labute approximate surface area is 170 Å². The van der Waals surface area contributed by atoms with E-state index >= 15 is 0 Å². The number of rotatable bonds is 0. The van der Waals surface area contributed by atoms with E-state index in [0.717, 1.165) is 40.3 Å². The van der Waals surface area contributed by atoms with Gasteiger partial charge in [-0.15, -0.1) is 0 Å². The van der Waals surface area contributed by atoms with Crippen LogP contribution >= 0.6 is 31.9 Å². The molecule has 0 saturated heterocycles. The average Bonchev–Trinajstić information content (AvgIpc) is 2.90. The van der Waals surface area contributed by atoms with Gasteiger partial charge in [-0.1, -0.05) is 44.0 Å². The predicted molar refractivity (Wildman–Crippen MR) is 110 cm³/mol. The second-order valence-corrected chi connectivity index (χ2v) is 8.47. The third-order valence-corrected chi connectivity index (χ3v) is 5.74. The van der Waals surface area contributed by atoms with Crippen molar-refractivity contribution in [3.8, 4) is 0 Å². The minimum absolute atomic E-state index is 0.126. The number of fused-ring (bicyclic) bond motifs is 2. The van der Waals surface area contributed by atoms with Crippen molar-refractivity contribution in [1.82, 2.24) is 5.32 Å². The molecule has 0 radical (unpaired) electrons. The first-order chi connectivity index (χ1) is 12.5. The highest BCUT2D eigenvalue weighted by Crippen LogP contribution is 2.22. The van der Waals surface area contributed by atoms with E-state index in [-0.39, 0.29) is 5.91 Å². The molecule has 1 aliphatic carbocycles. The SMILES string of the molecule is O=C1CCc2ccc(Br)cc2CC1.O=C1Cc2ccc(Br)cc2CCN1. The molecule has 0 saturated carbocycles. The molecule has 1 amide bonds.